The van der Waals surface area contributed by atoms with E-state index in [-0.39, 0.29) is 11.8 Å². The van der Waals surface area contributed by atoms with Gasteiger partial charge in [0.2, 0.25) is 0 Å². The van der Waals surface area contributed by atoms with Gasteiger partial charge < -0.3 is 14.8 Å². The van der Waals surface area contributed by atoms with Crippen LogP contribution in [0.2, 0.25) is 13.1 Å². The maximum atomic E-state index is 13.1. The fraction of sp³-hybridized carbons (Fsp3) is 0.565. The lowest BCUT2D eigenvalue weighted by Crippen LogP contribution is -2.65. The molecule has 0 unspecified atom stereocenters. The summed E-state index contributed by atoms with van der Waals surface area (Å²) in [4.78, 5) is 25.8. The molecule has 1 amide bonds. The number of hydrogen-bond donors (Lipinski definition) is 1. The Balaban J connectivity index is 3.42. The molecule has 0 bridgehead atoms. The van der Waals surface area contributed by atoms with E-state index in [1.807, 2.05) is 39.0 Å². The zero-order valence-electron chi connectivity index (χ0n) is 19.4. The zero-order valence-corrected chi connectivity index (χ0v) is 20.4. The highest BCUT2D eigenvalue weighted by atomic mass is 28.3. The first kappa shape index (κ1) is 25.0. The SMILES string of the molecule is C=C([C@H](C)[C@](NC(=O)OC(C)(C)C)(C(=O)OC)C(C)C)[Si](C)(C)c1ccccc1. The van der Waals surface area contributed by atoms with Crippen molar-refractivity contribution in [3.63, 3.8) is 0 Å². The van der Waals surface area contributed by atoms with Crippen LogP contribution >= 0.6 is 0 Å². The topological polar surface area (TPSA) is 64.6 Å². The van der Waals surface area contributed by atoms with Crippen LogP contribution in [0.1, 0.15) is 41.5 Å². The van der Waals surface area contributed by atoms with E-state index in [2.05, 4.69) is 37.1 Å². The van der Waals surface area contributed by atoms with Crippen molar-refractivity contribution < 1.29 is 19.1 Å². The minimum atomic E-state index is -2.15. The Morgan fingerprint density at radius 1 is 1.07 bits per heavy atom. The van der Waals surface area contributed by atoms with E-state index in [1.165, 1.54) is 12.3 Å². The molecule has 0 radical (unpaired) electrons. The Hall–Kier alpha value is -2.08. The normalized spacial score (nSPS) is 15.2. The van der Waals surface area contributed by atoms with Crippen molar-refractivity contribution in [3.8, 4) is 0 Å². The number of nitrogens with one attached hydrogen (secondary N) is 1. The van der Waals surface area contributed by atoms with Crippen LogP contribution in [0.5, 0.6) is 0 Å². The number of hydrogen-bond acceptors (Lipinski definition) is 4. The summed E-state index contributed by atoms with van der Waals surface area (Å²) in [5.74, 6) is -1.09. The van der Waals surface area contributed by atoms with Crippen LogP contribution in [-0.4, -0.2) is 38.4 Å². The minimum absolute atomic E-state index is 0.241. The number of esters is 1. The van der Waals surface area contributed by atoms with E-state index in [0.29, 0.717) is 0 Å². The molecule has 1 aromatic rings. The third-order valence-electron chi connectivity index (χ3n) is 5.65. The second-order valence-corrected chi connectivity index (χ2v) is 13.8. The summed E-state index contributed by atoms with van der Waals surface area (Å²) in [6.07, 6.45) is -0.643. The van der Waals surface area contributed by atoms with Crippen LogP contribution < -0.4 is 10.5 Å². The van der Waals surface area contributed by atoms with Gasteiger partial charge in [-0.05, 0) is 26.7 Å². The maximum Gasteiger partial charge on any atom is 0.408 e. The Labute approximate surface area is 176 Å². The highest BCUT2D eigenvalue weighted by Gasteiger charge is 2.52. The van der Waals surface area contributed by atoms with Crippen LogP contribution in [0.4, 0.5) is 4.79 Å². The van der Waals surface area contributed by atoms with Crippen LogP contribution in [0, 0.1) is 11.8 Å². The van der Waals surface area contributed by atoms with Gasteiger partial charge in [0.15, 0.2) is 0 Å². The summed E-state index contributed by atoms with van der Waals surface area (Å²) in [6, 6.07) is 10.2. The standard InChI is InChI=1S/C23H37NO4Si/c1-16(2)23(20(25)27-8,24-21(26)28-22(5,6)7)17(3)18(4)29(9,10)19-14-12-11-13-15-19/h11-17H,4H2,1-3,5-10H3,(H,24,26)/t17-,23-/m0/s1. The maximum absolute atomic E-state index is 13.1. The molecule has 0 aromatic heterocycles. The van der Waals surface area contributed by atoms with Crippen LogP contribution in [0.15, 0.2) is 42.1 Å². The fourth-order valence-corrected chi connectivity index (χ4v) is 6.42. The smallest absolute Gasteiger partial charge is 0.408 e. The molecule has 29 heavy (non-hydrogen) atoms. The largest absolute Gasteiger partial charge is 0.467 e. The molecule has 5 nitrogen and oxygen atoms in total. The van der Waals surface area contributed by atoms with Gasteiger partial charge in [-0.25, -0.2) is 9.59 Å². The van der Waals surface area contributed by atoms with Crippen molar-refractivity contribution in [1.29, 1.82) is 0 Å². The summed E-state index contributed by atoms with van der Waals surface area (Å²) in [6.45, 7) is 19.9. The first-order valence-corrected chi connectivity index (χ1v) is 13.0. The van der Waals surface area contributed by atoms with Crippen LogP contribution in [0.3, 0.4) is 0 Å². The molecule has 0 heterocycles. The summed E-state index contributed by atoms with van der Waals surface area (Å²) in [7, 11) is -0.814. The van der Waals surface area contributed by atoms with E-state index >= 15 is 0 Å². The Kier molecular flexibility index (Phi) is 7.88. The molecular weight excluding hydrogens is 382 g/mol. The van der Waals surface area contributed by atoms with Crippen molar-refractivity contribution in [2.75, 3.05) is 7.11 Å². The van der Waals surface area contributed by atoms with Gasteiger partial charge in [-0.15, -0.1) is 6.58 Å². The molecule has 0 spiro atoms. The van der Waals surface area contributed by atoms with Gasteiger partial charge >= 0.3 is 12.1 Å². The third kappa shape index (κ3) is 5.50. The number of methoxy groups -OCH3 is 1. The molecule has 0 aliphatic carbocycles. The van der Waals surface area contributed by atoms with E-state index in [4.69, 9.17) is 9.47 Å². The van der Waals surface area contributed by atoms with Crippen molar-refractivity contribution >= 4 is 25.3 Å². The van der Waals surface area contributed by atoms with Crippen molar-refractivity contribution in [2.45, 2.75) is 65.8 Å². The number of amides is 1. The van der Waals surface area contributed by atoms with E-state index in [1.54, 1.807) is 20.8 Å². The van der Waals surface area contributed by atoms with Crippen LogP contribution in [0.25, 0.3) is 0 Å². The number of ether oxygens (including phenoxy) is 2. The van der Waals surface area contributed by atoms with Crippen molar-refractivity contribution in [2.24, 2.45) is 11.8 Å². The molecule has 2 atom stereocenters. The Bertz CT molecular complexity index is 737. The van der Waals surface area contributed by atoms with Crippen molar-refractivity contribution in [1.82, 2.24) is 5.32 Å². The molecule has 1 rings (SSSR count). The molecule has 0 aliphatic heterocycles. The third-order valence-corrected chi connectivity index (χ3v) is 9.46. The van der Waals surface area contributed by atoms with Gasteiger partial charge in [0, 0.05) is 5.92 Å². The minimum Gasteiger partial charge on any atom is -0.467 e. The van der Waals surface area contributed by atoms with Crippen LogP contribution in [-0.2, 0) is 14.3 Å². The average molecular weight is 420 g/mol. The van der Waals surface area contributed by atoms with Crippen molar-refractivity contribution in [3.05, 3.63) is 42.1 Å². The van der Waals surface area contributed by atoms with Gasteiger partial charge in [0.25, 0.3) is 0 Å². The summed E-state index contributed by atoms with van der Waals surface area (Å²) in [5.41, 5.74) is -1.96. The first-order valence-electron chi connectivity index (χ1n) is 10.0. The van der Waals surface area contributed by atoms with Gasteiger partial charge in [0.05, 0.1) is 7.11 Å². The summed E-state index contributed by atoms with van der Waals surface area (Å²) in [5, 5.41) is 5.04. The Morgan fingerprint density at radius 2 is 1.59 bits per heavy atom. The predicted molar refractivity (Wildman–Crippen MR) is 121 cm³/mol. The summed E-state index contributed by atoms with van der Waals surface area (Å²) < 4.78 is 10.6. The molecule has 6 heteroatoms. The number of alkyl carbamates (subject to hydrolysis) is 1. The molecule has 1 aromatic carbocycles. The molecule has 1 N–H and O–H groups in total. The second kappa shape index (κ2) is 9.16. The first-order chi connectivity index (χ1) is 13.2. The Morgan fingerprint density at radius 3 is 2.00 bits per heavy atom. The number of carbonyl (C=O) groups excluding carboxylic acids is 2. The van der Waals surface area contributed by atoms with Gasteiger partial charge in [-0.1, -0.05) is 74.6 Å². The molecule has 0 fully saturated rings. The highest BCUT2D eigenvalue weighted by Crippen LogP contribution is 2.36. The van der Waals surface area contributed by atoms with E-state index in [9.17, 15) is 9.59 Å². The lowest BCUT2D eigenvalue weighted by atomic mass is 9.75. The molecule has 0 saturated heterocycles. The number of benzene rings is 1. The quantitative estimate of drug-likeness (QED) is 0.525. The highest BCUT2D eigenvalue weighted by molar-refractivity contribution is 6.95. The second-order valence-electron chi connectivity index (χ2n) is 9.38. The van der Waals surface area contributed by atoms with E-state index < -0.39 is 31.3 Å². The number of rotatable bonds is 7. The monoisotopic (exact) mass is 419 g/mol. The number of carbonyl (C=O) groups is 2. The average Bonchev–Trinajstić information content (AvgIpc) is 2.63. The van der Waals surface area contributed by atoms with Gasteiger partial charge in [-0.2, -0.15) is 0 Å². The fourth-order valence-electron chi connectivity index (χ4n) is 3.71. The molecule has 162 valence electrons. The van der Waals surface area contributed by atoms with Gasteiger partial charge in [0.1, 0.15) is 19.2 Å². The molecule has 0 saturated carbocycles. The zero-order chi connectivity index (χ0) is 22.6. The predicted octanol–water partition coefficient (Wildman–Crippen LogP) is 4.43. The van der Waals surface area contributed by atoms with Gasteiger partial charge in [-0.3, -0.25) is 0 Å². The molecule has 0 aliphatic rings. The molecular formula is C23H37NO4Si. The lowest BCUT2D eigenvalue weighted by molar-refractivity contribution is -0.152. The van der Waals surface area contributed by atoms with E-state index in [0.717, 1.165) is 5.20 Å². The lowest BCUT2D eigenvalue weighted by Gasteiger charge is -2.44. The summed E-state index contributed by atoms with van der Waals surface area (Å²) >= 11 is 0.